The van der Waals surface area contributed by atoms with Crippen LogP contribution in [-0.2, 0) is 25.7 Å². The Morgan fingerprint density at radius 2 is 1.85 bits per heavy atom. The van der Waals surface area contributed by atoms with Crippen molar-refractivity contribution in [2.45, 2.75) is 51.5 Å². The van der Waals surface area contributed by atoms with Crippen molar-refractivity contribution in [3.8, 4) is 0 Å². The van der Waals surface area contributed by atoms with Crippen LogP contribution < -0.4 is 21.3 Å². The van der Waals surface area contributed by atoms with Crippen LogP contribution in [0.5, 0.6) is 0 Å². The van der Waals surface area contributed by atoms with E-state index in [0.717, 1.165) is 24.5 Å². The van der Waals surface area contributed by atoms with E-state index < -0.39 is 23.9 Å². The molecule has 1 saturated heterocycles. The highest BCUT2D eigenvalue weighted by Crippen LogP contribution is 2.20. The number of nitrogens with zero attached hydrogens (tertiary/aromatic N) is 2. The van der Waals surface area contributed by atoms with Crippen molar-refractivity contribution in [2.24, 2.45) is 5.73 Å². The number of hydrogen-bond acceptors (Lipinski definition) is 7. The Morgan fingerprint density at radius 3 is 2.47 bits per heavy atom. The maximum absolute atomic E-state index is 12.8. The van der Waals surface area contributed by atoms with Crippen molar-refractivity contribution in [3.63, 3.8) is 0 Å². The molecule has 2 aromatic rings. The molecular formula is C24H31N5O5. The summed E-state index contributed by atoms with van der Waals surface area (Å²) >= 11 is 0. The number of morpholine rings is 1. The van der Waals surface area contributed by atoms with Crippen LogP contribution in [0.15, 0.2) is 48.7 Å². The van der Waals surface area contributed by atoms with Gasteiger partial charge in [0.15, 0.2) is 0 Å². The number of ether oxygens (including phenoxy) is 2. The van der Waals surface area contributed by atoms with Gasteiger partial charge in [-0.05, 0) is 38.0 Å². The molecule has 2 unspecified atom stereocenters. The van der Waals surface area contributed by atoms with E-state index in [0.29, 0.717) is 5.69 Å². The van der Waals surface area contributed by atoms with Crippen LogP contribution in [0.2, 0.25) is 0 Å². The number of nitrogens with two attached hydrogens (primary N) is 1. The third-order valence-corrected chi connectivity index (χ3v) is 5.26. The molecule has 0 radical (unpaired) electrons. The number of alkyl carbamates (subject to hydrolysis) is 1. The first-order chi connectivity index (χ1) is 16.3. The number of rotatable bonds is 9. The predicted octanol–water partition coefficient (Wildman–Crippen LogP) is 2.19. The molecule has 1 aromatic heterocycles. The van der Waals surface area contributed by atoms with Crippen molar-refractivity contribution in [1.82, 2.24) is 10.3 Å². The number of hydrogen-bond donors (Lipinski definition) is 3. The molecular weight excluding hydrogens is 438 g/mol. The number of amides is 3. The third-order valence-electron chi connectivity index (χ3n) is 5.26. The average molecular weight is 470 g/mol. The average Bonchev–Trinajstić information content (AvgIpc) is 2.80. The van der Waals surface area contributed by atoms with Crippen LogP contribution in [0.3, 0.4) is 0 Å². The molecule has 3 rings (SSSR count). The van der Waals surface area contributed by atoms with Gasteiger partial charge in [0.1, 0.15) is 18.5 Å². The minimum absolute atomic E-state index is 0.0384. The SMILES string of the molecule is CC1CN(c2ccc(NC(=O)[C@H](CCC(N)=O)NC(=O)OCc3ccccc3)cn2)CC(C)O1. The van der Waals surface area contributed by atoms with Gasteiger partial charge in [-0.3, -0.25) is 9.59 Å². The Bertz CT molecular complexity index is 959. The Morgan fingerprint density at radius 1 is 1.15 bits per heavy atom. The van der Waals surface area contributed by atoms with E-state index in [1.54, 1.807) is 12.3 Å². The first-order valence-electron chi connectivity index (χ1n) is 11.2. The van der Waals surface area contributed by atoms with E-state index in [1.165, 1.54) is 0 Å². The van der Waals surface area contributed by atoms with E-state index in [4.69, 9.17) is 15.2 Å². The van der Waals surface area contributed by atoms with Crippen LogP contribution in [0.4, 0.5) is 16.3 Å². The van der Waals surface area contributed by atoms with Gasteiger partial charge in [-0.2, -0.15) is 0 Å². The molecule has 3 amide bonds. The minimum atomic E-state index is -1.00. The fourth-order valence-corrected chi connectivity index (χ4v) is 3.70. The molecule has 1 aliphatic heterocycles. The summed E-state index contributed by atoms with van der Waals surface area (Å²) < 4.78 is 10.9. The molecule has 4 N–H and O–H groups in total. The van der Waals surface area contributed by atoms with Crippen LogP contribution in [-0.4, -0.2) is 54.2 Å². The summed E-state index contributed by atoms with van der Waals surface area (Å²) in [5.74, 6) is -0.286. The highest BCUT2D eigenvalue weighted by atomic mass is 16.5. The van der Waals surface area contributed by atoms with Gasteiger partial charge in [0.25, 0.3) is 0 Å². The van der Waals surface area contributed by atoms with E-state index >= 15 is 0 Å². The van der Waals surface area contributed by atoms with Crippen molar-refractivity contribution in [3.05, 3.63) is 54.2 Å². The Kier molecular flexibility index (Phi) is 8.80. The van der Waals surface area contributed by atoms with Crippen LogP contribution in [0.1, 0.15) is 32.3 Å². The number of carbonyl (C=O) groups excluding carboxylic acids is 3. The zero-order chi connectivity index (χ0) is 24.5. The largest absolute Gasteiger partial charge is 0.445 e. The smallest absolute Gasteiger partial charge is 0.408 e. The highest BCUT2D eigenvalue weighted by molar-refractivity contribution is 5.96. The summed E-state index contributed by atoms with van der Waals surface area (Å²) in [6, 6.07) is 11.7. The fraction of sp³-hybridized carbons (Fsp3) is 0.417. The number of aromatic nitrogens is 1. The van der Waals surface area contributed by atoms with Crippen molar-refractivity contribution in [2.75, 3.05) is 23.3 Å². The van der Waals surface area contributed by atoms with Gasteiger partial charge in [-0.25, -0.2) is 9.78 Å². The Labute approximate surface area is 198 Å². The molecule has 1 fully saturated rings. The van der Waals surface area contributed by atoms with E-state index in [1.807, 2.05) is 50.2 Å². The quantitative estimate of drug-likeness (QED) is 0.512. The highest BCUT2D eigenvalue weighted by Gasteiger charge is 2.24. The van der Waals surface area contributed by atoms with Gasteiger partial charge in [-0.1, -0.05) is 30.3 Å². The molecule has 1 aliphatic rings. The van der Waals surface area contributed by atoms with Crippen molar-refractivity contribution in [1.29, 1.82) is 0 Å². The lowest BCUT2D eigenvalue weighted by atomic mass is 10.1. The molecule has 34 heavy (non-hydrogen) atoms. The summed E-state index contributed by atoms with van der Waals surface area (Å²) in [5.41, 5.74) is 6.50. The summed E-state index contributed by atoms with van der Waals surface area (Å²) in [5, 5.41) is 5.24. The van der Waals surface area contributed by atoms with Crippen molar-refractivity contribution < 1.29 is 23.9 Å². The van der Waals surface area contributed by atoms with Crippen LogP contribution in [0, 0.1) is 0 Å². The van der Waals surface area contributed by atoms with E-state index in [-0.39, 0.29) is 31.7 Å². The number of nitrogens with one attached hydrogen (secondary N) is 2. The minimum Gasteiger partial charge on any atom is -0.445 e. The number of anilines is 2. The first-order valence-corrected chi connectivity index (χ1v) is 11.2. The normalized spacial score (nSPS) is 18.6. The number of carbonyl (C=O) groups is 3. The second-order valence-electron chi connectivity index (χ2n) is 8.32. The first kappa shape index (κ1) is 25.0. The van der Waals surface area contributed by atoms with Gasteiger partial charge in [0.05, 0.1) is 24.1 Å². The lowest BCUT2D eigenvalue weighted by molar-refractivity contribution is -0.119. The summed E-state index contributed by atoms with van der Waals surface area (Å²) in [7, 11) is 0. The molecule has 10 heteroatoms. The van der Waals surface area contributed by atoms with Gasteiger partial charge in [0.2, 0.25) is 11.8 Å². The Balaban J connectivity index is 1.58. The summed E-state index contributed by atoms with van der Waals surface area (Å²) in [6.45, 7) is 5.55. The third kappa shape index (κ3) is 7.73. The van der Waals surface area contributed by atoms with E-state index in [9.17, 15) is 14.4 Å². The Hall–Kier alpha value is -3.66. The topological polar surface area (TPSA) is 136 Å². The maximum atomic E-state index is 12.8. The number of pyridine rings is 1. The zero-order valence-corrected chi connectivity index (χ0v) is 19.4. The van der Waals surface area contributed by atoms with E-state index in [2.05, 4.69) is 20.5 Å². The monoisotopic (exact) mass is 469 g/mol. The molecule has 0 saturated carbocycles. The fourth-order valence-electron chi connectivity index (χ4n) is 3.70. The standard InChI is InChI=1S/C24H31N5O5/c1-16-13-29(14-17(2)34-16)22-11-8-19(12-26-22)27-23(31)20(9-10-21(25)30)28-24(32)33-15-18-6-4-3-5-7-18/h3-8,11-12,16-17,20H,9-10,13-15H2,1-2H3,(H2,25,30)(H,27,31)(H,28,32)/t16?,17?,20-/m0/s1. The molecule has 0 spiro atoms. The maximum Gasteiger partial charge on any atom is 0.408 e. The number of primary amides is 1. The van der Waals surface area contributed by atoms with Gasteiger partial charge in [0, 0.05) is 19.5 Å². The zero-order valence-electron chi connectivity index (χ0n) is 19.4. The van der Waals surface area contributed by atoms with Crippen LogP contribution in [0.25, 0.3) is 0 Å². The second-order valence-corrected chi connectivity index (χ2v) is 8.32. The van der Waals surface area contributed by atoms with Gasteiger partial charge >= 0.3 is 6.09 Å². The molecule has 10 nitrogen and oxygen atoms in total. The lowest BCUT2D eigenvalue weighted by Crippen LogP contribution is -2.46. The molecule has 2 heterocycles. The molecule has 0 bridgehead atoms. The number of benzene rings is 1. The predicted molar refractivity (Wildman–Crippen MR) is 127 cm³/mol. The molecule has 1 aromatic carbocycles. The second kappa shape index (κ2) is 12.0. The lowest BCUT2D eigenvalue weighted by Gasteiger charge is -2.36. The summed E-state index contributed by atoms with van der Waals surface area (Å²) in [4.78, 5) is 42.9. The van der Waals surface area contributed by atoms with Crippen LogP contribution >= 0.6 is 0 Å². The van der Waals surface area contributed by atoms with Gasteiger partial charge < -0.3 is 30.7 Å². The van der Waals surface area contributed by atoms with Crippen molar-refractivity contribution >= 4 is 29.4 Å². The molecule has 182 valence electrons. The van der Waals surface area contributed by atoms with Gasteiger partial charge in [-0.15, -0.1) is 0 Å². The summed E-state index contributed by atoms with van der Waals surface area (Å²) in [6.07, 6.45) is 0.958. The molecule has 0 aliphatic carbocycles. The molecule has 3 atom stereocenters.